The molecule has 0 bridgehead atoms. The van der Waals surface area contributed by atoms with E-state index in [2.05, 4.69) is 541 Å². The molecule has 2 aromatic heterocycles. The summed E-state index contributed by atoms with van der Waals surface area (Å²) in [7, 11) is 0. The second-order valence-corrected chi connectivity index (χ2v) is 41.2. The number of rotatable bonds is 13. The Bertz CT molecular complexity index is 8470. The Labute approximate surface area is 799 Å². The third-order valence-corrected chi connectivity index (χ3v) is 28.3. The molecule has 23 aromatic rings. The fourth-order valence-electron chi connectivity index (χ4n) is 20.7. The fourth-order valence-corrected chi connectivity index (χ4v) is 20.7. The van der Waals surface area contributed by atoms with Crippen molar-refractivity contribution in [2.45, 2.75) is 105 Å². The zero-order valence-corrected chi connectivity index (χ0v) is 79.6. The highest BCUT2D eigenvalue weighted by Gasteiger charge is 2.28. The SMILES string of the molecule is CC(C)(C)c1ccc2c(-c3ccc(-c4ccc(-c5ccc6c(c5)c5cc(-c7ccccc7)ccc5n6-c5ccccc5)cc4)cc3)c3cc(C(C)(C)C)ccc3c(-c3ccc(-c4ccccc4)cc3)c2c1.CC(C)(C)c1ccc2c(-c3ccc(-c4ccc(-c5ccc6c(c5)c5cc(-c7ccccc7)ccc5n6-c5ccccc5)cc4)cc3)c3cc(C(C)(C)C)ccc3c(-c3ccccc3)c2c1. The smallest absolute Gasteiger partial charge is 0.0541 e. The molecule has 0 saturated heterocycles. The van der Waals surface area contributed by atoms with Gasteiger partial charge in [-0.05, 0) is 306 Å². The number of hydrogen-bond donors (Lipinski definition) is 0. The number of benzene rings is 21. The van der Waals surface area contributed by atoms with Crippen LogP contribution in [0, 0.1) is 0 Å². The normalized spacial score (nSPS) is 12.1. The second-order valence-electron chi connectivity index (χ2n) is 41.2. The Morgan fingerprint density at radius 1 is 0.125 bits per heavy atom. The largest absolute Gasteiger partial charge is 0.309 e. The maximum atomic E-state index is 2.47. The lowest BCUT2D eigenvalue weighted by Gasteiger charge is -2.25. The Hall–Kier alpha value is -15.7. The summed E-state index contributed by atoms with van der Waals surface area (Å²) in [6.45, 7) is 27.8. The van der Waals surface area contributed by atoms with E-state index in [1.807, 2.05) is 0 Å². The molecule has 0 fully saturated rings. The monoisotopic (exact) mass is 1750 g/mol. The lowest BCUT2D eigenvalue weighted by atomic mass is 9.79. The van der Waals surface area contributed by atoms with Crippen LogP contribution in [0.3, 0.4) is 0 Å². The lowest BCUT2D eigenvalue weighted by Crippen LogP contribution is -2.11. The van der Waals surface area contributed by atoms with Gasteiger partial charge in [0.2, 0.25) is 0 Å². The molecule has 0 N–H and O–H groups in total. The zero-order chi connectivity index (χ0) is 92.9. The van der Waals surface area contributed by atoms with Crippen molar-refractivity contribution >= 4 is 86.7 Å². The summed E-state index contributed by atoms with van der Waals surface area (Å²) >= 11 is 0. The minimum absolute atomic E-state index is 0.00678. The average Bonchev–Trinajstić information content (AvgIpc) is 1.00. The van der Waals surface area contributed by atoms with Crippen molar-refractivity contribution < 1.29 is 0 Å². The molecule has 0 radical (unpaired) electrons. The van der Waals surface area contributed by atoms with Gasteiger partial charge in [-0.2, -0.15) is 0 Å². The first-order valence-electron chi connectivity index (χ1n) is 48.1. The van der Waals surface area contributed by atoms with Gasteiger partial charge in [-0.1, -0.05) is 435 Å². The number of para-hydroxylation sites is 2. The van der Waals surface area contributed by atoms with Crippen LogP contribution in [0.25, 0.3) is 220 Å². The highest BCUT2D eigenvalue weighted by atomic mass is 15.0. The molecule has 0 atom stereocenters. The summed E-state index contributed by atoms with van der Waals surface area (Å²) < 4.78 is 4.79. The minimum Gasteiger partial charge on any atom is -0.309 e. The third-order valence-electron chi connectivity index (χ3n) is 28.3. The Balaban J connectivity index is 0.000000158. The van der Waals surface area contributed by atoms with Crippen molar-refractivity contribution in [1.29, 1.82) is 0 Å². The molecule has 656 valence electrons. The van der Waals surface area contributed by atoms with E-state index in [0.717, 1.165) is 11.4 Å². The summed E-state index contributed by atoms with van der Waals surface area (Å²) in [4.78, 5) is 0. The summed E-state index contributed by atoms with van der Waals surface area (Å²) in [6, 6.07) is 167. The van der Waals surface area contributed by atoms with Crippen LogP contribution in [-0.2, 0) is 21.7 Å². The third kappa shape index (κ3) is 16.1. The summed E-state index contributed by atoms with van der Waals surface area (Å²) in [5, 5.41) is 15.3. The molecule has 2 heterocycles. The molecular weight excluding hydrogens is 1640 g/mol. The summed E-state index contributed by atoms with van der Waals surface area (Å²) in [5.74, 6) is 0. The summed E-state index contributed by atoms with van der Waals surface area (Å²) in [6.07, 6.45) is 0. The minimum atomic E-state index is -0.0112. The first-order chi connectivity index (χ1) is 65.9. The molecule has 0 spiro atoms. The maximum Gasteiger partial charge on any atom is 0.0541 e. The fraction of sp³-hybridized carbons (Fsp3) is 0.119. The molecule has 2 nitrogen and oxygen atoms in total. The van der Waals surface area contributed by atoms with Gasteiger partial charge in [0.05, 0.1) is 22.1 Å². The van der Waals surface area contributed by atoms with Crippen LogP contribution in [0.1, 0.15) is 105 Å². The first kappa shape index (κ1) is 85.7. The van der Waals surface area contributed by atoms with Gasteiger partial charge in [0.1, 0.15) is 0 Å². The van der Waals surface area contributed by atoms with E-state index in [1.54, 1.807) is 0 Å². The van der Waals surface area contributed by atoms with Crippen LogP contribution in [0.15, 0.2) is 449 Å². The van der Waals surface area contributed by atoms with E-state index >= 15 is 0 Å². The van der Waals surface area contributed by atoms with Crippen LogP contribution in [-0.4, -0.2) is 9.13 Å². The Kier molecular flexibility index (Phi) is 21.7. The van der Waals surface area contributed by atoms with Crippen LogP contribution in [0.2, 0.25) is 0 Å². The Morgan fingerprint density at radius 2 is 0.287 bits per heavy atom. The summed E-state index contributed by atoms with van der Waals surface area (Å²) in [5.41, 5.74) is 39.6. The van der Waals surface area contributed by atoms with Crippen molar-refractivity contribution in [2.24, 2.45) is 0 Å². The van der Waals surface area contributed by atoms with E-state index < -0.39 is 0 Å². The number of nitrogens with zero attached hydrogens (tertiary/aromatic N) is 2. The van der Waals surface area contributed by atoms with Gasteiger partial charge in [-0.25, -0.2) is 0 Å². The molecule has 0 unspecified atom stereocenters. The lowest BCUT2D eigenvalue weighted by molar-refractivity contribution is 0.590. The molecule has 0 amide bonds. The van der Waals surface area contributed by atoms with Crippen LogP contribution in [0.4, 0.5) is 0 Å². The highest BCUT2D eigenvalue weighted by molar-refractivity contribution is 6.24. The van der Waals surface area contributed by atoms with E-state index in [9.17, 15) is 0 Å². The second kappa shape index (κ2) is 34.4. The molecule has 0 aliphatic heterocycles. The number of fused-ring (bicyclic) bond motifs is 10. The Morgan fingerprint density at radius 3 is 0.500 bits per heavy atom. The molecule has 136 heavy (non-hydrogen) atoms. The van der Waals surface area contributed by atoms with Crippen molar-refractivity contribution in [3.8, 4) is 134 Å². The van der Waals surface area contributed by atoms with Gasteiger partial charge in [-0.3, -0.25) is 0 Å². The van der Waals surface area contributed by atoms with E-state index in [0.29, 0.717) is 0 Å². The van der Waals surface area contributed by atoms with E-state index in [-0.39, 0.29) is 21.7 Å². The van der Waals surface area contributed by atoms with Gasteiger partial charge in [0.25, 0.3) is 0 Å². The van der Waals surface area contributed by atoms with Gasteiger partial charge in [-0.15, -0.1) is 0 Å². The van der Waals surface area contributed by atoms with Crippen molar-refractivity contribution in [2.75, 3.05) is 0 Å². The maximum absolute atomic E-state index is 2.47. The molecule has 21 aromatic carbocycles. The zero-order valence-electron chi connectivity index (χ0n) is 79.6. The predicted molar refractivity (Wildman–Crippen MR) is 586 cm³/mol. The molecule has 0 saturated carbocycles. The van der Waals surface area contributed by atoms with Crippen LogP contribution in [0.5, 0.6) is 0 Å². The van der Waals surface area contributed by atoms with E-state index in [4.69, 9.17) is 0 Å². The molecule has 0 aliphatic carbocycles. The highest BCUT2D eigenvalue weighted by Crippen LogP contribution is 2.51. The van der Waals surface area contributed by atoms with Crippen molar-refractivity contribution in [3.05, 3.63) is 471 Å². The van der Waals surface area contributed by atoms with Crippen molar-refractivity contribution in [3.63, 3.8) is 0 Å². The van der Waals surface area contributed by atoms with E-state index in [1.165, 1.54) is 231 Å². The predicted octanol–water partition coefficient (Wildman–Crippen LogP) is 37.7. The topological polar surface area (TPSA) is 9.86 Å². The number of aromatic nitrogens is 2. The average molecular weight is 1750 g/mol. The molecule has 2 heteroatoms. The molecular formula is C134H110N2. The standard InChI is InChI=1S/C70H57N.C64H53N/c1-69(2,3)56-37-39-60-63(44-56)67(52-30-26-48(27-31-52)46-16-10-7-11-17-46)59-38-36-57(70(4,5)6)45-64(59)68(60)53-32-28-50(29-33-53)49-22-24-51(25-23-49)55-35-41-66-62(43-55)61-42-54(47-18-12-8-13-19-47)34-40-65(61)71(66)58-20-14-9-15-21-58;1-63(2,3)50-33-35-54-57(40-50)61(46-18-12-8-13-19-46)53-34-32-51(64(4,5)6)41-58(53)62(54)47-28-26-44(27-29-47)43-22-24-45(25-23-43)49-31-37-60-56(39-49)55-38-48(42-16-10-7-11-17-42)30-36-59(55)65(60)52-20-14-9-15-21-52/h7-45H,1-6H3;7-41H,1-6H3. The molecule has 23 rings (SSSR count). The van der Waals surface area contributed by atoms with Crippen LogP contribution < -0.4 is 0 Å². The van der Waals surface area contributed by atoms with Crippen LogP contribution >= 0.6 is 0 Å². The first-order valence-corrected chi connectivity index (χ1v) is 48.1. The van der Waals surface area contributed by atoms with Gasteiger partial charge >= 0.3 is 0 Å². The van der Waals surface area contributed by atoms with Gasteiger partial charge in [0, 0.05) is 32.9 Å². The van der Waals surface area contributed by atoms with Crippen molar-refractivity contribution in [1.82, 2.24) is 9.13 Å². The van der Waals surface area contributed by atoms with Gasteiger partial charge < -0.3 is 9.13 Å². The number of hydrogen-bond acceptors (Lipinski definition) is 0. The van der Waals surface area contributed by atoms with Gasteiger partial charge in [0.15, 0.2) is 0 Å². The molecule has 0 aliphatic rings. The quantitative estimate of drug-likeness (QED) is 0.102.